The Bertz CT molecular complexity index is 1140. The van der Waals surface area contributed by atoms with Crippen LogP contribution in [0.1, 0.15) is 24.8 Å². The lowest BCUT2D eigenvalue weighted by atomic mass is 10.1. The van der Waals surface area contributed by atoms with Crippen LogP contribution in [0, 0.1) is 5.82 Å². The van der Waals surface area contributed by atoms with Gasteiger partial charge in [-0.1, -0.05) is 12.1 Å². The maximum absolute atomic E-state index is 14.3. The van der Waals surface area contributed by atoms with E-state index in [1.807, 2.05) is 29.2 Å². The highest BCUT2D eigenvalue weighted by molar-refractivity contribution is 5.83. The summed E-state index contributed by atoms with van der Waals surface area (Å²) in [5.41, 5.74) is 2.48. The Morgan fingerprint density at radius 2 is 2.00 bits per heavy atom. The highest BCUT2D eigenvalue weighted by Crippen LogP contribution is 2.36. The van der Waals surface area contributed by atoms with Gasteiger partial charge < -0.3 is 19.3 Å². The molecule has 7 nitrogen and oxygen atoms in total. The molecule has 8 heteroatoms. The average Bonchev–Trinajstić information content (AvgIpc) is 3.09. The molecule has 0 spiro atoms. The van der Waals surface area contributed by atoms with Crippen LogP contribution in [0.15, 0.2) is 48.9 Å². The van der Waals surface area contributed by atoms with E-state index >= 15 is 0 Å². The number of rotatable bonds is 7. The molecule has 1 amide bonds. The van der Waals surface area contributed by atoms with E-state index in [1.54, 1.807) is 25.6 Å². The number of anilines is 1. The van der Waals surface area contributed by atoms with Crippen LogP contribution in [-0.2, 0) is 16.1 Å². The van der Waals surface area contributed by atoms with Gasteiger partial charge in [0.1, 0.15) is 5.75 Å². The number of pyridine rings is 2. The van der Waals surface area contributed by atoms with Gasteiger partial charge in [0, 0.05) is 36.8 Å². The van der Waals surface area contributed by atoms with Crippen molar-refractivity contribution < 1.29 is 18.7 Å². The number of nitrogens with zero attached hydrogens (tertiary/aromatic N) is 4. The van der Waals surface area contributed by atoms with E-state index in [9.17, 15) is 9.18 Å². The summed E-state index contributed by atoms with van der Waals surface area (Å²) in [6.07, 6.45) is 6.83. The van der Waals surface area contributed by atoms with Gasteiger partial charge in [0.25, 0.3) is 0 Å². The lowest BCUT2D eigenvalue weighted by molar-refractivity contribution is -0.133. The first kappa shape index (κ1) is 21.6. The molecule has 33 heavy (non-hydrogen) atoms. The van der Waals surface area contributed by atoms with Gasteiger partial charge >= 0.3 is 0 Å². The molecule has 2 aromatic heterocycles. The third kappa shape index (κ3) is 4.35. The van der Waals surface area contributed by atoms with Crippen molar-refractivity contribution in [1.82, 2.24) is 14.9 Å². The third-order valence-corrected chi connectivity index (χ3v) is 6.61. The molecule has 2 bridgehead atoms. The molecule has 2 atom stereocenters. The quantitative estimate of drug-likeness (QED) is 0.513. The lowest BCUT2D eigenvalue weighted by Crippen LogP contribution is -2.55. The molecule has 0 N–H and O–H groups in total. The summed E-state index contributed by atoms with van der Waals surface area (Å²) < 4.78 is 25.4. The van der Waals surface area contributed by atoms with E-state index in [-0.39, 0.29) is 23.8 Å². The Balaban J connectivity index is 1.16. The zero-order valence-corrected chi connectivity index (χ0v) is 18.6. The van der Waals surface area contributed by atoms with Crippen LogP contribution < -0.4 is 9.64 Å². The monoisotopic (exact) mass is 450 g/mol. The summed E-state index contributed by atoms with van der Waals surface area (Å²) >= 11 is 0. The summed E-state index contributed by atoms with van der Waals surface area (Å²) in [7, 11) is 1.62. The minimum Gasteiger partial charge on any atom is -0.495 e. The van der Waals surface area contributed by atoms with E-state index < -0.39 is 0 Å². The molecular weight excluding hydrogens is 423 g/mol. The number of ether oxygens (including phenoxy) is 2. The number of amides is 1. The van der Waals surface area contributed by atoms with Crippen molar-refractivity contribution in [2.24, 2.45) is 0 Å². The molecule has 0 aliphatic carbocycles. The zero-order valence-electron chi connectivity index (χ0n) is 18.6. The van der Waals surface area contributed by atoms with Crippen molar-refractivity contribution in [1.29, 1.82) is 0 Å². The maximum Gasteiger partial charge on any atom is 0.225 e. The number of hydrogen-bond donors (Lipinski definition) is 0. The average molecular weight is 451 g/mol. The van der Waals surface area contributed by atoms with E-state index in [0.717, 1.165) is 29.3 Å². The fraction of sp³-hybridized carbons (Fsp3) is 0.400. The number of fused-ring (bicyclic) bond motifs is 3. The molecule has 1 aromatic carbocycles. The van der Waals surface area contributed by atoms with E-state index in [4.69, 9.17) is 9.47 Å². The number of likely N-dealkylation sites (tertiary alicyclic amines) is 1. The number of aromatic nitrogens is 2. The molecule has 0 radical (unpaired) electrons. The van der Waals surface area contributed by atoms with Crippen LogP contribution in [0.5, 0.6) is 5.75 Å². The van der Waals surface area contributed by atoms with Crippen LogP contribution in [0.25, 0.3) is 10.9 Å². The number of carbonyl (C=O) groups is 1. The molecule has 0 unspecified atom stereocenters. The van der Waals surface area contributed by atoms with Crippen molar-refractivity contribution in [2.45, 2.75) is 38.0 Å². The molecule has 5 rings (SSSR count). The number of benzene rings is 1. The topological polar surface area (TPSA) is 67.8 Å². The Morgan fingerprint density at radius 3 is 2.76 bits per heavy atom. The summed E-state index contributed by atoms with van der Waals surface area (Å²) in [5.74, 6) is 0.484. The number of piperazine rings is 1. The predicted molar refractivity (Wildman–Crippen MR) is 123 cm³/mol. The molecule has 0 saturated carbocycles. The Hall–Kier alpha value is -3.26. The first-order valence-corrected chi connectivity index (χ1v) is 11.3. The van der Waals surface area contributed by atoms with Gasteiger partial charge in [-0.25, -0.2) is 4.39 Å². The predicted octanol–water partition coefficient (Wildman–Crippen LogP) is 3.56. The number of methoxy groups -OCH3 is 1. The Morgan fingerprint density at radius 1 is 1.18 bits per heavy atom. The van der Waals surface area contributed by atoms with Gasteiger partial charge in [-0.05, 0) is 36.6 Å². The molecule has 3 aromatic rings. The highest BCUT2D eigenvalue weighted by atomic mass is 19.1. The van der Waals surface area contributed by atoms with E-state index in [0.29, 0.717) is 44.2 Å². The largest absolute Gasteiger partial charge is 0.495 e. The number of halogens is 1. The van der Waals surface area contributed by atoms with Crippen molar-refractivity contribution in [3.63, 3.8) is 0 Å². The van der Waals surface area contributed by atoms with Gasteiger partial charge in [0.15, 0.2) is 5.82 Å². The molecule has 4 heterocycles. The smallest absolute Gasteiger partial charge is 0.225 e. The van der Waals surface area contributed by atoms with E-state index in [1.165, 1.54) is 6.20 Å². The summed E-state index contributed by atoms with van der Waals surface area (Å²) in [4.78, 5) is 25.2. The maximum atomic E-state index is 14.3. The van der Waals surface area contributed by atoms with Gasteiger partial charge in [-0.2, -0.15) is 0 Å². The molecule has 2 aliphatic heterocycles. The van der Waals surface area contributed by atoms with Crippen LogP contribution in [0.4, 0.5) is 10.1 Å². The van der Waals surface area contributed by atoms with Crippen molar-refractivity contribution in [3.05, 3.63) is 60.3 Å². The number of hydrogen-bond acceptors (Lipinski definition) is 6. The zero-order chi connectivity index (χ0) is 22.8. The van der Waals surface area contributed by atoms with Crippen LogP contribution >= 0.6 is 0 Å². The molecule has 172 valence electrons. The SMILES string of the molecule is COc1cnc2cccc(COCCC(=O)N3C[C@H]4CC[C@@H](C3)N4c3ccncc3F)c2c1. The standard InChI is InChI=1S/C25H27FN4O3/c1-32-20-11-21-17(3-2-4-23(21)28-12-20)16-33-10-8-25(31)29-14-18-5-6-19(15-29)30(18)24-7-9-27-13-22(24)26/h2-4,7,9,11-13,18-19H,5-6,8,10,14-16H2,1H3/t18-,19+. The first-order chi connectivity index (χ1) is 16.1. The Kier molecular flexibility index (Phi) is 6.09. The second kappa shape index (κ2) is 9.31. The normalized spacial score (nSPS) is 19.8. The fourth-order valence-electron chi connectivity index (χ4n) is 5.01. The summed E-state index contributed by atoms with van der Waals surface area (Å²) in [5, 5.41) is 0.985. The Labute approximate surface area is 192 Å². The van der Waals surface area contributed by atoms with Crippen LogP contribution in [0.2, 0.25) is 0 Å². The molecular formula is C25H27FN4O3. The van der Waals surface area contributed by atoms with Crippen LogP contribution in [-0.4, -0.2) is 59.7 Å². The van der Waals surface area contributed by atoms with E-state index in [2.05, 4.69) is 14.9 Å². The molecule has 2 saturated heterocycles. The summed E-state index contributed by atoms with van der Waals surface area (Å²) in [6, 6.07) is 9.87. The molecule has 2 aliphatic rings. The van der Waals surface area contributed by atoms with Crippen LogP contribution in [0.3, 0.4) is 0 Å². The van der Waals surface area contributed by atoms with Gasteiger partial charge in [0.2, 0.25) is 5.91 Å². The highest BCUT2D eigenvalue weighted by Gasteiger charge is 2.42. The minimum atomic E-state index is -0.302. The van der Waals surface area contributed by atoms with Crippen molar-refractivity contribution in [3.8, 4) is 5.75 Å². The first-order valence-electron chi connectivity index (χ1n) is 11.3. The van der Waals surface area contributed by atoms with Gasteiger partial charge in [0.05, 0.1) is 50.3 Å². The molecule has 2 fully saturated rings. The second-order valence-corrected chi connectivity index (χ2v) is 8.58. The lowest BCUT2D eigenvalue weighted by Gasteiger charge is -2.42. The van der Waals surface area contributed by atoms with Gasteiger partial charge in [-0.3, -0.25) is 14.8 Å². The number of carbonyl (C=O) groups excluding carboxylic acids is 1. The second-order valence-electron chi connectivity index (χ2n) is 8.58. The third-order valence-electron chi connectivity index (χ3n) is 6.61. The fourth-order valence-corrected chi connectivity index (χ4v) is 5.01. The van der Waals surface area contributed by atoms with Gasteiger partial charge in [-0.15, -0.1) is 0 Å². The van der Waals surface area contributed by atoms with Crippen molar-refractivity contribution >= 4 is 22.5 Å². The summed E-state index contributed by atoms with van der Waals surface area (Å²) in [6.45, 7) is 1.98. The minimum absolute atomic E-state index is 0.0861. The van der Waals surface area contributed by atoms with Crippen molar-refractivity contribution in [2.75, 3.05) is 31.7 Å².